The fourth-order valence-corrected chi connectivity index (χ4v) is 2.86. The van der Waals surface area contributed by atoms with Crippen molar-refractivity contribution < 1.29 is 0 Å². The van der Waals surface area contributed by atoms with Crippen LogP contribution < -0.4 is 5.32 Å². The molecule has 1 aliphatic heterocycles. The van der Waals surface area contributed by atoms with Crippen molar-refractivity contribution >= 4 is 18.0 Å². The highest BCUT2D eigenvalue weighted by molar-refractivity contribution is 8.02. The molecule has 0 radical (unpaired) electrons. The summed E-state index contributed by atoms with van der Waals surface area (Å²) in [6.07, 6.45) is 13.1. The molecule has 17 heavy (non-hydrogen) atoms. The largest absolute Gasteiger partial charge is 0.299 e. The van der Waals surface area contributed by atoms with Gasteiger partial charge in [-0.15, -0.1) is 11.8 Å². The van der Waals surface area contributed by atoms with Crippen molar-refractivity contribution in [2.45, 2.75) is 32.7 Å². The molecule has 0 aromatic carbocycles. The summed E-state index contributed by atoms with van der Waals surface area (Å²) in [5.41, 5.74) is 1.19. The van der Waals surface area contributed by atoms with Crippen LogP contribution in [0.1, 0.15) is 26.7 Å². The van der Waals surface area contributed by atoms with Gasteiger partial charge in [-0.2, -0.15) is 0 Å². The van der Waals surface area contributed by atoms with Gasteiger partial charge in [-0.05, 0) is 24.7 Å². The minimum Gasteiger partial charge on any atom is -0.299 e. The number of aliphatic imine (C=N–C) groups is 1. The number of fused-ring (bicyclic) bond motifs is 1. The summed E-state index contributed by atoms with van der Waals surface area (Å²) in [5, 5.41) is 3.57. The predicted octanol–water partition coefficient (Wildman–Crippen LogP) is 3.49. The summed E-state index contributed by atoms with van der Waals surface area (Å²) in [5.74, 6) is 1.37. The third-order valence-electron chi connectivity index (χ3n) is 2.94. The Morgan fingerprint density at radius 2 is 2.29 bits per heavy atom. The van der Waals surface area contributed by atoms with E-state index >= 15 is 0 Å². The van der Waals surface area contributed by atoms with E-state index in [2.05, 4.69) is 54.7 Å². The van der Waals surface area contributed by atoms with E-state index in [9.17, 15) is 0 Å². The number of nitrogens with zero attached hydrogens (tertiary/aromatic N) is 1. The van der Waals surface area contributed by atoms with Crippen LogP contribution in [-0.2, 0) is 0 Å². The molecule has 0 amide bonds. The number of hydrogen-bond acceptors (Lipinski definition) is 3. The third kappa shape index (κ3) is 3.86. The van der Waals surface area contributed by atoms with E-state index in [1.807, 2.05) is 11.8 Å². The molecular formula is C14H20N2S. The van der Waals surface area contributed by atoms with Crippen molar-refractivity contribution in [3.05, 3.63) is 34.9 Å². The Morgan fingerprint density at radius 3 is 3.18 bits per heavy atom. The van der Waals surface area contributed by atoms with Crippen molar-refractivity contribution in [3.8, 4) is 0 Å². The lowest BCUT2D eigenvalue weighted by Gasteiger charge is -2.18. The van der Waals surface area contributed by atoms with Gasteiger partial charge >= 0.3 is 0 Å². The molecule has 0 saturated carbocycles. The van der Waals surface area contributed by atoms with Gasteiger partial charge in [0, 0.05) is 18.0 Å². The topological polar surface area (TPSA) is 24.4 Å². The molecule has 92 valence electrons. The first-order valence-corrected chi connectivity index (χ1v) is 7.18. The van der Waals surface area contributed by atoms with E-state index in [-0.39, 0.29) is 0 Å². The summed E-state index contributed by atoms with van der Waals surface area (Å²) in [7, 11) is 0. The van der Waals surface area contributed by atoms with Gasteiger partial charge in [0.15, 0.2) is 0 Å². The lowest BCUT2D eigenvalue weighted by molar-refractivity contribution is 0.628. The molecule has 0 bridgehead atoms. The van der Waals surface area contributed by atoms with E-state index < -0.39 is 0 Å². The molecule has 0 aromatic heterocycles. The second-order valence-electron chi connectivity index (χ2n) is 4.53. The molecule has 2 atom stereocenters. The second-order valence-corrected chi connectivity index (χ2v) is 5.75. The van der Waals surface area contributed by atoms with Crippen LogP contribution in [0.4, 0.5) is 0 Å². The molecular weight excluding hydrogens is 228 g/mol. The lowest BCUT2D eigenvalue weighted by atomic mass is 10.1. The van der Waals surface area contributed by atoms with Crippen LogP contribution in [0, 0.1) is 5.92 Å². The highest BCUT2D eigenvalue weighted by Crippen LogP contribution is 2.20. The molecule has 0 fully saturated rings. The van der Waals surface area contributed by atoms with Gasteiger partial charge in [-0.25, -0.2) is 0 Å². The second kappa shape index (κ2) is 6.22. The molecule has 2 aliphatic rings. The fraction of sp³-hybridized carbons (Fsp3) is 0.500. The summed E-state index contributed by atoms with van der Waals surface area (Å²) in [4.78, 5) is 6.03. The summed E-state index contributed by atoms with van der Waals surface area (Å²) in [6, 6.07) is 0.371. The van der Waals surface area contributed by atoms with Crippen molar-refractivity contribution in [1.29, 1.82) is 0 Å². The van der Waals surface area contributed by atoms with E-state index in [4.69, 9.17) is 0 Å². The average Bonchev–Trinajstić information content (AvgIpc) is 2.51. The molecule has 0 spiro atoms. The maximum Gasteiger partial charge on any atom is 0.0536 e. The van der Waals surface area contributed by atoms with Crippen LogP contribution in [0.15, 0.2) is 39.9 Å². The Labute approximate surface area is 108 Å². The van der Waals surface area contributed by atoms with Crippen LogP contribution in [-0.4, -0.2) is 18.1 Å². The minimum atomic E-state index is 0.371. The van der Waals surface area contributed by atoms with Crippen molar-refractivity contribution in [2.24, 2.45) is 10.9 Å². The van der Waals surface area contributed by atoms with Crippen molar-refractivity contribution in [3.63, 3.8) is 0 Å². The predicted molar refractivity (Wildman–Crippen MR) is 77.3 cm³/mol. The standard InChI is InChI=1S/C14H20N2S/c1-11-8-12(2)17-10-16-14-7-5-3-4-6-13(14)15-9-11/h3,5-6,8-9,11,14,16H,4,7,10H2,1-2H3/b12-8-,15-9?. The number of hydrogen-bond donors (Lipinski definition) is 1. The summed E-state index contributed by atoms with van der Waals surface area (Å²) >= 11 is 1.88. The van der Waals surface area contributed by atoms with Gasteiger partial charge < -0.3 is 0 Å². The third-order valence-corrected chi connectivity index (χ3v) is 3.85. The van der Waals surface area contributed by atoms with E-state index in [1.54, 1.807) is 0 Å². The normalized spacial score (nSPS) is 33.1. The van der Waals surface area contributed by atoms with Gasteiger partial charge in [0.05, 0.1) is 11.7 Å². The van der Waals surface area contributed by atoms with Crippen LogP contribution in [0.5, 0.6) is 0 Å². The minimum absolute atomic E-state index is 0.371. The molecule has 1 aliphatic carbocycles. The Bertz CT molecular complexity index is 380. The molecule has 3 heteroatoms. The number of allylic oxidation sites excluding steroid dienone is 4. The first-order valence-electron chi connectivity index (χ1n) is 6.19. The lowest BCUT2D eigenvalue weighted by Crippen LogP contribution is -2.30. The molecule has 1 heterocycles. The Balaban J connectivity index is 2.19. The summed E-state index contributed by atoms with van der Waals surface area (Å²) < 4.78 is 0. The number of thioether (sulfide) groups is 1. The maximum atomic E-state index is 4.66. The van der Waals surface area contributed by atoms with Gasteiger partial charge in [0.2, 0.25) is 0 Å². The Kier molecular flexibility index (Phi) is 4.63. The van der Waals surface area contributed by atoms with Crippen LogP contribution >= 0.6 is 11.8 Å². The van der Waals surface area contributed by atoms with Crippen LogP contribution in [0.3, 0.4) is 0 Å². The fourth-order valence-electron chi connectivity index (χ4n) is 2.03. The average molecular weight is 248 g/mol. The Morgan fingerprint density at radius 1 is 1.41 bits per heavy atom. The highest BCUT2D eigenvalue weighted by atomic mass is 32.2. The monoisotopic (exact) mass is 248 g/mol. The zero-order valence-corrected chi connectivity index (χ0v) is 11.3. The van der Waals surface area contributed by atoms with Gasteiger partial charge in [0.25, 0.3) is 0 Å². The smallest absolute Gasteiger partial charge is 0.0536 e. The molecule has 2 unspecified atom stereocenters. The first-order chi connectivity index (χ1) is 8.25. The zero-order chi connectivity index (χ0) is 12.1. The van der Waals surface area contributed by atoms with Crippen molar-refractivity contribution in [1.82, 2.24) is 5.32 Å². The van der Waals surface area contributed by atoms with Crippen LogP contribution in [0.2, 0.25) is 0 Å². The quantitative estimate of drug-likeness (QED) is 0.664. The Hall–Kier alpha value is -0.800. The maximum absolute atomic E-state index is 4.66. The van der Waals surface area contributed by atoms with Gasteiger partial charge in [0.1, 0.15) is 0 Å². The van der Waals surface area contributed by atoms with E-state index in [0.29, 0.717) is 12.0 Å². The highest BCUT2D eigenvalue weighted by Gasteiger charge is 2.14. The van der Waals surface area contributed by atoms with Crippen LogP contribution in [0.25, 0.3) is 0 Å². The molecule has 0 saturated heterocycles. The molecule has 1 N–H and O–H groups in total. The van der Waals surface area contributed by atoms with Gasteiger partial charge in [-0.3, -0.25) is 10.3 Å². The first kappa shape index (κ1) is 12.7. The number of nitrogens with one attached hydrogen (secondary N) is 1. The van der Waals surface area contributed by atoms with Gasteiger partial charge in [-0.1, -0.05) is 31.2 Å². The molecule has 2 rings (SSSR count). The molecule has 0 aromatic rings. The SMILES string of the molecule is C/C1=C/C(C)C=NC2=CCC=CCC2NCS1. The zero-order valence-electron chi connectivity index (χ0n) is 10.5. The van der Waals surface area contributed by atoms with E-state index in [1.165, 1.54) is 10.6 Å². The van der Waals surface area contributed by atoms with Crippen molar-refractivity contribution in [2.75, 3.05) is 5.88 Å². The number of rotatable bonds is 0. The molecule has 2 nitrogen and oxygen atoms in total. The summed E-state index contributed by atoms with van der Waals surface area (Å²) in [6.45, 7) is 4.36. The van der Waals surface area contributed by atoms with E-state index in [0.717, 1.165) is 18.7 Å².